The van der Waals surface area contributed by atoms with Crippen molar-refractivity contribution in [1.29, 1.82) is 0 Å². The summed E-state index contributed by atoms with van der Waals surface area (Å²) in [5.74, 6) is 1.19. The van der Waals surface area contributed by atoms with Gasteiger partial charge in [-0.15, -0.1) is 0 Å². The van der Waals surface area contributed by atoms with Crippen molar-refractivity contribution in [1.82, 2.24) is 4.98 Å². The van der Waals surface area contributed by atoms with Gasteiger partial charge in [0.1, 0.15) is 5.52 Å². The number of fused-ring (bicyclic) bond motifs is 1. The van der Waals surface area contributed by atoms with Crippen molar-refractivity contribution in [3.8, 4) is 11.5 Å². The molecule has 0 aliphatic carbocycles. The zero-order chi connectivity index (χ0) is 19.5. The molecule has 7 heteroatoms. The second-order valence-electron chi connectivity index (χ2n) is 6.78. The predicted molar refractivity (Wildman–Crippen MR) is 107 cm³/mol. The summed E-state index contributed by atoms with van der Waals surface area (Å²) in [6, 6.07) is 13.7. The normalized spacial score (nSPS) is 14.9. The van der Waals surface area contributed by atoms with Crippen molar-refractivity contribution in [2.45, 2.75) is 12.8 Å². The lowest BCUT2D eigenvalue weighted by Gasteiger charge is -2.30. The fraction of sp³-hybridized carbons (Fsp3) is 0.333. The van der Waals surface area contributed by atoms with Gasteiger partial charge in [0.2, 0.25) is 5.91 Å². The summed E-state index contributed by atoms with van der Waals surface area (Å²) < 4.78 is 16.4. The molecule has 2 aromatic carbocycles. The number of aromatic nitrogens is 1. The first-order chi connectivity index (χ1) is 13.7. The lowest BCUT2D eigenvalue weighted by atomic mass is 9.96. The van der Waals surface area contributed by atoms with E-state index in [0.29, 0.717) is 23.2 Å². The van der Waals surface area contributed by atoms with Crippen LogP contribution in [0.1, 0.15) is 12.8 Å². The lowest BCUT2D eigenvalue weighted by molar-refractivity contribution is -0.120. The topological polar surface area (TPSA) is 76.8 Å². The highest BCUT2D eigenvalue weighted by molar-refractivity contribution is 5.93. The maximum Gasteiger partial charge on any atom is 0.298 e. The van der Waals surface area contributed by atoms with E-state index < -0.39 is 0 Å². The van der Waals surface area contributed by atoms with Gasteiger partial charge < -0.3 is 24.1 Å². The van der Waals surface area contributed by atoms with Crippen LogP contribution >= 0.6 is 0 Å². The van der Waals surface area contributed by atoms with Crippen LogP contribution in [0.3, 0.4) is 0 Å². The van der Waals surface area contributed by atoms with E-state index >= 15 is 0 Å². The Hall–Kier alpha value is -3.22. The van der Waals surface area contributed by atoms with Gasteiger partial charge in [0.15, 0.2) is 17.1 Å². The Morgan fingerprint density at radius 1 is 1.11 bits per heavy atom. The quantitative estimate of drug-likeness (QED) is 0.726. The van der Waals surface area contributed by atoms with E-state index in [1.54, 1.807) is 26.4 Å². The predicted octanol–water partition coefficient (Wildman–Crippen LogP) is 3.70. The summed E-state index contributed by atoms with van der Waals surface area (Å²) in [5.41, 5.74) is 2.33. The van der Waals surface area contributed by atoms with Gasteiger partial charge in [0.25, 0.3) is 6.01 Å². The van der Waals surface area contributed by atoms with E-state index in [0.717, 1.165) is 37.0 Å². The average Bonchev–Trinajstić information content (AvgIpc) is 3.18. The van der Waals surface area contributed by atoms with Crippen molar-refractivity contribution >= 4 is 28.7 Å². The smallest absolute Gasteiger partial charge is 0.298 e. The molecule has 1 amide bonds. The molecule has 0 radical (unpaired) electrons. The molecule has 1 aliphatic heterocycles. The Bertz CT molecular complexity index is 944. The van der Waals surface area contributed by atoms with E-state index in [9.17, 15) is 4.79 Å². The van der Waals surface area contributed by atoms with E-state index in [1.807, 2.05) is 30.3 Å². The van der Waals surface area contributed by atoms with E-state index in [2.05, 4.69) is 15.2 Å². The third kappa shape index (κ3) is 3.60. The highest BCUT2D eigenvalue weighted by Gasteiger charge is 2.27. The molecule has 0 bridgehead atoms. The van der Waals surface area contributed by atoms with Crippen molar-refractivity contribution < 1.29 is 18.7 Å². The molecule has 146 valence electrons. The monoisotopic (exact) mass is 381 g/mol. The van der Waals surface area contributed by atoms with Crippen LogP contribution in [0.25, 0.3) is 11.1 Å². The van der Waals surface area contributed by atoms with Gasteiger partial charge in [0, 0.05) is 30.8 Å². The summed E-state index contributed by atoms with van der Waals surface area (Å²) in [7, 11) is 3.16. The summed E-state index contributed by atoms with van der Waals surface area (Å²) in [6.45, 7) is 1.47. The van der Waals surface area contributed by atoms with Crippen LogP contribution < -0.4 is 19.7 Å². The van der Waals surface area contributed by atoms with Crippen LogP contribution in [0.15, 0.2) is 46.9 Å². The Kier molecular flexibility index (Phi) is 5.06. The number of anilines is 2. The molecular weight excluding hydrogens is 358 g/mol. The SMILES string of the molecule is COc1ccc(NC(=O)C2CCN(c3nc4ccccc4o3)CC2)cc1OC. The number of carbonyl (C=O) groups excluding carboxylic acids is 1. The summed E-state index contributed by atoms with van der Waals surface area (Å²) >= 11 is 0. The van der Waals surface area contributed by atoms with Crippen LogP contribution in [-0.2, 0) is 4.79 Å². The number of nitrogens with zero attached hydrogens (tertiary/aromatic N) is 2. The van der Waals surface area contributed by atoms with Crippen molar-refractivity contribution in [3.05, 3.63) is 42.5 Å². The van der Waals surface area contributed by atoms with Gasteiger partial charge in [-0.25, -0.2) is 0 Å². The van der Waals surface area contributed by atoms with E-state index in [-0.39, 0.29) is 11.8 Å². The number of methoxy groups -OCH3 is 2. The number of amides is 1. The third-order valence-corrected chi connectivity index (χ3v) is 5.07. The number of hydrogen-bond donors (Lipinski definition) is 1. The number of oxazole rings is 1. The molecular formula is C21H23N3O4. The number of hydrogen-bond acceptors (Lipinski definition) is 6. The van der Waals surface area contributed by atoms with Crippen molar-refractivity contribution in [2.75, 3.05) is 37.5 Å². The standard InChI is InChI=1S/C21H23N3O4/c1-26-18-8-7-15(13-19(18)27-2)22-20(25)14-9-11-24(12-10-14)21-23-16-5-3-4-6-17(16)28-21/h3-8,13-14H,9-12H2,1-2H3,(H,22,25). The Morgan fingerprint density at radius 2 is 1.86 bits per heavy atom. The third-order valence-electron chi connectivity index (χ3n) is 5.07. The van der Waals surface area contributed by atoms with Crippen molar-refractivity contribution in [3.63, 3.8) is 0 Å². The number of para-hydroxylation sites is 2. The Balaban J connectivity index is 1.37. The number of rotatable bonds is 5. The number of benzene rings is 2. The maximum atomic E-state index is 12.7. The largest absolute Gasteiger partial charge is 0.493 e. The molecule has 1 aromatic heterocycles. The average molecular weight is 381 g/mol. The molecule has 1 fully saturated rings. The van der Waals surface area contributed by atoms with Crippen LogP contribution in [0.5, 0.6) is 11.5 Å². The molecule has 1 aliphatic rings. The molecule has 3 aromatic rings. The second-order valence-corrected chi connectivity index (χ2v) is 6.78. The Morgan fingerprint density at radius 3 is 2.57 bits per heavy atom. The van der Waals surface area contributed by atoms with Gasteiger partial charge >= 0.3 is 0 Å². The minimum atomic E-state index is -0.0475. The van der Waals surface area contributed by atoms with Gasteiger partial charge in [-0.3, -0.25) is 4.79 Å². The first kappa shape index (κ1) is 18.2. The molecule has 0 unspecified atom stereocenters. The van der Waals surface area contributed by atoms with Crippen LogP contribution in [0.4, 0.5) is 11.7 Å². The second kappa shape index (κ2) is 7.80. The molecule has 28 heavy (non-hydrogen) atoms. The first-order valence-corrected chi connectivity index (χ1v) is 9.31. The van der Waals surface area contributed by atoms with Gasteiger partial charge in [-0.1, -0.05) is 12.1 Å². The lowest BCUT2D eigenvalue weighted by Crippen LogP contribution is -2.38. The first-order valence-electron chi connectivity index (χ1n) is 9.31. The van der Waals surface area contributed by atoms with E-state index in [4.69, 9.17) is 13.9 Å². The minimum Gasteiger partial charge on any atom is -0.493 e. The van der Waals surface area contributed by atoms with Crippen LogP contribution in [-0.4, -0.2) is 38.2 Å². The molecule has 2 heterocycles. The van der Waals surface area contributed by atoms with Crippen LogP contribution in [0, 0.1) is 5.92 Å². The zero-order valence-corrected chi connectivity index (χ0v) is 16.0. The summed E-state index contributed by atoms with van der Waals surface area (Å²) in [4.78, 5) is 19.3. The number of ether oxygens (including phenoxy) is 2. The van der Waals surface area contributed by atoms with E-state index in [1.165, 1.54) is 0 Å². The number of carbonyl (C=O) groups is 1. The fourth-order valence-electron chi connectivity index (χ4n) is 3.49. The molecule has 4 rings (SSSR count). The fourth-order valence-corrected chi connectivity index (χ4v) is 3.49. The number of piperidine rings is 1. The summed E-state index contributed by atoms with van der Waals surface area (Å²) in [6.07, 6.45) is 1.50. The maximum absolute atomic E-state index is 12.7. The molecule has 0 atom stereocenters. The molecule has 0 saturated carbocycles. The Labute approximate surface area is 163 Å². The van der Waals surface area contributed by atoms with Gasteiger partial charge in [0.05, 0.1) is 14.2 Å². The molecule has 0 spiro atoms. The molecule has 1 saturated heterocycles. The number of nitrogens with one attached hydrogen (secondary N) is 1. The van der Waals surface area contributed by atoms with Gasteiger partial charge in [-0.05, 0) is 37.1 Å². The molecule has 1 N–H and O–H groups in total. The zero-order valence-electron chi connectivity index (χ0n) is 16.0. The minimum absolute atomic E-state index is 0.0180. The van der Waals surface area contributed by atoms with Crippen molar-refractivity contribution in [2.24, 2.45) is 5.92 Å². The highest BCUT2D eigenvalue weighted by Crippen LogP contribution is 2.31. The molecule has 7 nitrogen and oxygen atoms in total. The highest BCUT2D eigenvalue weighted by atomic mass is 16.5. The summed E-state index contributed by atoms with van der Waals surface area (Å²) in [5, 5.41) is 2.98. The van der Waals surface area contributed by atoms with Gasteiger partial charge in [-0.2, -0.15) is 4.98 Å². The van der Waals surface area contributed by atoms with Crippen LogP contribution in [0.2, 0.25) is 0 Å².